The molecule has 2 N–H and O–H groups in total. The van der Waals surface area contributed by atoms with Crippen LogP contribution in [0, 0.1) is 0 Å². The molecule has 0 spiro atoms. The fourth-order valence-corrected chi connectivity index (χ4v) is 2.04. The molecule has 0 saturated heterocycles. The zero-order chi connectivity index (χ0) is 15.2. The number of carboxylic acids is 1. The van der Waals surface area contributed by atoms with Gasteiger partial charge in [-0.05, 0) is 12.0 Å². The number of carboxylic acid groups (broad SMARTS) is 1. The lowest BCUT2D eigenvalue weighted by molar-refractivity contribution is -0.168. The zero-order valence-electron chi connectivity index (χ0n) is 10.6. The summed E-state index contributed by atoms with van der Waals surface area (Å²) in [5.74, 6) is -1.31. The fraction of sp³-hybridized carbons (Fsp3) is 0.462. The summed E-state index contributed by atoms with van der Waals surface area (Å²) in [5, 5.41) is 10.9. The first kappa shape index (κ1) is 16.8. The van der Waals surface area contributed by atoms with Crippen molar-refractivity contribution in [3.05, 3.63) is 35.9 Å². The molecule has 0 aliphatic rings. The number of thiol groups is 1. The molecule has 7 heteroatoms. The lowest BCUT2D eigenvalue weighted by Gasteiger charge is -2.25. The second-order valence-corrected chi connectivity index (χ2v) is 4.79. The van der Waals surface area contributed by atoms with Crippen molar-refractivity contribution >= 4 is 18.6 Å². The van der Waals surface area contributed by atoms with E-state index in [1.807, 2.05) is 6.07 Å². The van der Waals surface area contributed by atoms with Gasteiger partial charge in [0.05, 0.1) is 6.42 Å². The predicted molar refractivity (Wildman–Crippen MR) is 73.0 cm³/mol. The first-order valence-electron chi connectivity index (χ1n) is 6.02. The van der Waals surface area contributed by atoms with E-state index in [2.05, 4.69) is 17.9 Å². The quantitative estimate of drug-likeness (QED) is 0.679. The van der Waals surface area contributed by atoms with Gasteiger partial charge in [-0.1, -0.05) is 30.3 Å². The molecule has 20 heavy (non-hydrogen) atoms. The average molecular weight is 307 g/mol. The highest BCUT2D eigenvalue weighted by Gasteiger charge is 2.41. The van der Waals surface area contributed by atoms with Gasteiger partial charge in [-0.25, -0.2) is 0 Å². The number of alkyl halides is 3. The van der Waals surface area contributed by atoms with E-state index in [4.69, 9.17) is 5.11 Å². The highest BCUT2D eigenvalue weighted by atomic mass is 32.1. The van der Waals surface area contributed by atoms with Gasteiger partial charge in [-0.15, -0.1) is 0 Å². The summed E-state index contributed by atoms with van der Waals surface area (Å²) >= 11 is 4.03. The molecule has 2 atom stereocenters. The Balaban J connectivity index is 2.71. The molecular weight excluding hydrogens is 291 g/mol. The van der Waals surface area contributed by atoms with Crippen molar-refractivity contribution in [2.45, 2.75) is 31.1 Å². The number of carbonyl (C=O) groups is 1. The van der Waals surface area contributed by atoms with E-state index < -0.39 is 30.7 Å². The van der Waals surface area contributed by atoms with Crippen LogP contribution < -0.4 is 5.32 Å². The van der Waals surface area contributed by atoms with Crippen LogP contribution in [-0.4, -0.2) is 35.1 Å². The Morgan fingerprint density at radius 2 is 1.90 bits per heavy atom. The largest absolute Gasteiger partial charge is 0.481 e. The molecule has 1 rings (SSSR count). The Hall–Kier alpha value is -1.21. The second-order valence-electron chi connectivity index (χ2n) is 4.43. The van der Waals surface area contributed by atoms with Crippen molar-refractivity contribution in [2.24, 2.45) is 0 Å². The molecule has 0 aliphatic heterocycles. The summed E-state index contributed by atoms with van der Waals surface area (Å²) in [7, 11) is 0. The first-order chi connectivity index (χ1) is 9.32. The molecule has 0 fully saturated rings. The van der Waals surface area contributed by atoms with Crippen LogP contribution in [0.5, 0.6) is 0 Å². The van der Waals surface area contributed by atoms with Gasteiger partial charge in [0.25, 0.3) is 0 Å². The summed E-state index contributed by atoms with van der Waals surface area (Å²) in [6.45, 7) is 0. The number of benzene rings is 1. The molecule has 1 aromatic rings. The van der Waals surface area contributed by atoms with E-state index in [0.29, 0.717) is 6.42 Å². The van der Waals surface area contributed by atoms with E-state index in [9.17, 15) is 18.0 Å². The molecule has 0 bridgehead atoms. The Morgan fingerprint density at radius 3 is 2.35 bits per heavy atom. The summed E-state index contributed by atoms with van der Waals surface area (Å²) in [4.78, 5) is 10.5. The van der Waals surface area contributed by atoms with E-state index in [1.54, 1.807) is 24.3 Å². The smallest absolute Gasteiger partial charge is 0.404 e. The topological polar surface area (TPSA) is 49.3 Å². The van der Waals surface area contributed by atoms with E-state index >= 15 is 0 Å². The maximum absolute atomic E-state index is 12.8. The van der Waals surface area contributed by atoms with Gasteiger partial charge in [0, 0.05) is 11.8 Å². The Labute approximate surface area is 120 Å². The van der Waals surface area contributed by atoms with Gasteiger partial charge in [-0.3, -0.25) is 4.79 Å². The maximum Gasteiger partial charge on any atom is 0.404 e. The first-order valence-corrected chi connectivity index (χ1v) is 6.65. The predicted octanol–water partition coefficient (Wildman–Crippen LogP) is 2.52. The second kappa shape index (κ2) is 7.54. The summed E-state index contributed by atoms with van der Waals surface area (Å²) < 4.78 is 38.3. The summed E-state index contributed by atoms with van der Waals surface area (Å²) in [6.07, 6.45) is -5.24. The van der Waals surface area contributed by atoms with Crippen LogP contribution in [0.25, 0.3) is 0 Å². The molecule has 1 aromatic carbocycles. The number of rotatable bonds is 7. The Morgan fingerprint density at radius 1 is 1.30 bits per heavy atom. The molecule has 1 unspecified atom stereocenters. The van der Waals surface area contributed by atoms with Crippen molar-refractivity contribution < 1.29 is 23.1 Å². The normalized spacial score (nSPS) is 14.8. The molecular formula is C13H16F3NO2S. The summed E-state index contributed by atoms with van der Waals surface area (Å²) in [6, 6.07) is 6.39. The van der Waals surface area contributed by atoms with Crippen molar-refractivity contribution in [3.63, 3.8) is 0 Å². The number of hydrogen-bond donors (Lipinski definition) is 3. The van der Waals surface area contributed by atoms with Crippen molar-refractivity contribution in [3.8, 4) is 0 Å². The van der Waals surface area contributed by atoms with Crippen LogP contribution >= 0.6 is 12.6 Å². The average Bonchev–Trinajstić information content (AvgIpc) is 2.36. The van der Waals surface area contributed by atoms with Gasteiger partial charge >= 0.3 is 12.1 Å². The van der Waals surface area contributed by atoms with Crippen LogP contribution in [0.15, 0.2) is 30.3 Å². The lowest BCUT2D eigenvalue weighted by atomic mass is 10.1. The minimum atomic E-state index is -4.60. The third-order valence-electron chi connectivity index (χ3n) is 2.76. The molecule has 0 radical (unpaired) electrons. The Bertz CT molecular complexity index is 425. The van der Waals surface area contributed by atoms with Gasteiger partial charge < -0.3 is 10.4 Å². The maximum atomic E-state index is 12.8. The molecule has 0 heterocycles. The zero-order valence-corrected chi connectivity index (χ0v) is 11.5. The number of halogens is 3. The van der Waals surface area contributed by atoms with Crippen molar-refractivity contribution in [1.82, 2.24) is 5.32 Å². The minimum absolute atomic E-state index is 0.182. The van der Waals surface area contributed by atoms with Crippen LogP contribution in [0.3, 0.4) is 0 Å². The number of nitrogens with one attached hydrogen (secondary N) is 1. The van der Waals surface area contributed by atoms with Crippen LogP contribution in [0.2, 0.25) is 0 Å². The van der Waals surface area contributed by atoms with Gasteiger partial charge in [-0.2, -0.15) is 25.8 Å². The third kappa shape index (κ3) is 5.83. The highest BCUT2D eigenvalue weighted by molar-refractivity contribution is 7.80. The monoisotopic (exact) mass is 307 g/mol. The fourth-order valence-electron chi connectivity index (χ4n) is 1.80. The van der Waals surface area contributed by atoms with Crippen molar-refractivity contribution in [1.29, 1.82) is 0 Å². The van der Waals surface area contributed by atoms with Crippen molar-refractivity contribution in [2.75, 3.05) is 5.75 Å². The molecule has 0 aliphatic carbocycles. The molecule has 112 valence electrons. The molecule has 3 nitrogen and oxygen atoms in total. The molecule has 0 amide bonds. The SMILES string of the molecule is O=C(O)CC(N[C@@H](CS)Cc1ccccc1)C(F)(F)F. The highest BCUT2D eigenvalue weighted by Crippen LogP contribution is 2.23. The van der Waals surface area contributed by atoms with E-state index in [1.165, 1.54) is 0 Å². The van der Waals surface area contributed by atoms with Crippen LogP contribution in [-0.2, 0) is 11.2 Å². The lowest BCUT2D eigenvalue weighted by Crippen LogP contribution is -2.49. The van der Waals surface area contributed by atoms with Crippen LogP contribution in [0.4, 0.5) is 13.2 Å². The number of aliphatic carboxylic acids is 1. The van der Waals surface area contributed by atoms with E-state index in [-0.39, 0.29) is 5.75 Å². The molecule has 0 saturated carbocycles. The third-order valence-corrected chi connectivity index (χ3v) is 3.20. The van der Waals surface area contributed by atoms with E-state index in [0.717, 1.165) is 5.56 Å². The minimum Gasteiger partial charge on any atom is -0.481 e. The molecule has 0 aromatic heterocycles. The Kier molecular flexibility index (Phi) is 6.35. The van der Waals surface area contributed by atoms with Gasteiger partial charge in [0.15, 0.2) is 0 Å². The van der Waals surface area contributed by atoms with Crippen LogP contribution in [0.1, 0.15) is 12.0 Å². The van der Waals surface area contributed by atoms with Gasteiger partial charge in [0.2, 0.25) is 0 Å². The summed E-state index contributed by atoms with van der Waals surface area (Å²) in [5.41, 5.74) is 0.871. The number of hydrogen-bond acceptors (Lipinski definition) is 3. The standard InChI is InChI=1S/C13H16F3NO2S/c14-13(15,16)11(7-12(18)19)17-10(8-20)6-9-4-2-1-3-5-9/h1-5,10-11,17,20H,6-8H2,(H,18,19)/t10-,11?/m1/s1. The van der Waals surface area contributed by atoms with Gasteiger partial charge in [0.1, 0.15) is 6.04 Å².